The Morgan fingerprint density at radius 3 is 2.63 bits per heavy atom. The topological polar surface area (TPSA) is 94.1 Å². The number of rotatable bonds is 5. The van der Waals surface area contributed by atoms with Crippen LogP contribution < -0.4 is 5.32 Å². The SMILES string of the molecule is O=C(Nc1ccccc1Cc1nc(-c2ccncc2)no1)c1cc2ccccc2o1. The fraction of sp³-hybridized carbons (Fsp3) is 0.0435. The van der Waals surface area contributed by atoms with E-state index in [-0.39, 0.29) is 11.7 Å². The quantitative estimate of drug-likeness (QED) is 0.462. The molecule has 1 amide bonds. The van der Waals surface area contributed by atoms with Crippen LogP contribution in [0, 0.1) is 0 Å². The zero-order valence-electron chi connectivity index (χ0n) is 15.8. The first kappa shape index (κ1) is 17.8. The predicted octanol–water partition coefficient (Wildman–Crippen LogP) is 4.72. The molecule has 146 valence electrons. The lowest BCUT2D eigenvalue weighted by Gasteiger charge is -2.08. The van der Waals surface area contributed by atoms with Crippen molar-refractivity contribution >= 4 is 22.6 Å². The van der Waals surface area contributed by atoms with E-state index in [4.69, 9.17) is 8.94 Å². The Morgan fingerprint density at radius 1 is 0.967 bits per heavy atom. The van der Waals surface area contributed by atoms with E-state index >= 15 is 0 Å². The van der Waals surface area contributed by atoms with Crippen molar-refractivity contribution < 1.29 is 13.7 Å². The number of amides is 1. The molecule has 0 unspecified atom stereocenters. The van der Waals surface area contributed by atoms with Gasteiger partial charge in [-0.25, -0.2) is 0 Å². The standard InChI is InChI=1S/C23H16N4O3/c28-23(20-13-17-6-2-4-8-19(17)29-20)25-18-7-3-1-5-16(18)14-21-26-22(27-30-21)15-9-11-24-12-10-15/h1-13H,14H2,(H,25,28). The third-order valence-electron chi connectivity index (χ3n) is 4.66. The third-order valence-corrected chi connectivity index (χ3v) is 4.66. The monoisotopic (exact) mass is 396 g/mol. The first-order valence-electron chi connectivity index (χ1n) is 9.37. The summed E-state index contributed by atoms with van der Waals surface area (Å²) in [6.45, 7) is 0. The number of fused-ring (bicyclic) bond motifs is 1. The Labute approximate surface area is 171 Å². The second kappa shape index (κ2) is 7.63. The maximum atomic E-state index is 12.7. The smallest absolute Gasteiger partial charge is 0.291 e. The van der Waals surface area contributed by atoms with Crippen molar-refractivity contribution in [2.24, 2.45) is 0 Å². The van der Waals surface area contributed by atoms with Crippen LogP contribution in [-0.4, -0.2) is 21.0 Å². The molecule has 5 rings (SSSR count). The molecule has 30 heavy (non-hydrogen) atoms. The van der Waals surface area contributed by atoms with E-state index in [0.717, 1.165) is 16.5 Å². The molecule has 0 bridgehead atoms. The minimum absolute atomic E-state index is 0.253. The van der Waals surface area contributed by atoms with Gasteiger partial charge in [0.15, 0.2) is 5.76 Å². The molecule has 3 heterocycles. The summed E-state index contributed by atoms with van der Waals surface area (Å²) in [6, 6.07) is 20.3. The highest BCUT2D eigenvalue weighted by Gasteiger charge is 2.16. The number of carbonyl (C=O) groups is 1. The molecule has 7 heteroatoms. The number of pyridine rings is 1. The van der Waals surface area contributed by atoms with Gasteiger partial charge in [-0.2, -0.15) is 4.98 Å². The zero-order chi connectivity index (χ0) is 20.3. The molecule has 0 fully saturated rings. The summed E-state index contributed by atoms with van der Waals surface area (Å²) >= 11 is 0. The number of nitrogens with zero attached hydrogens (tertiary/aromatic N) is 3. The number of para-hydroxylation sites is 2. The van der Waals surface area contributed by atoms with Crippen LogP contribution in [0.2, 0.25) is 0 Å². The molecule has 0 aliphatic carbocycles. The fourth-order valence-corrected chi connectivity index (χ4v) is 3.18. The number of hydrogen-bond acceptors (Lipinski definition) is 6. The molecule has 5 aromatic rings. The molecule has 0 aliphatic rings. The maximum absolute atomic E-state index is 12.7. The lowest BCUT2D eigenvalue weighted by atomic mass is 10.1. The lowest BCUT2D eigenvalue weighted by molar-refractivity contribution is 0.0998. The Morgan fingerprint density at radius 2 is 1.77 bits per heavy atom. The maximum Gasteiger partial charge on any atom is 0.291 e. The van der Waals surface area contributed by atoms with Gasteiger partial charge in [-0.1, -0.05) is 41.6 Å². The highest BCUT2D eigenvalue weighted by molar-refractivity contribution is 6.05. The van der Waals surface area contributed by atoms with Gasteiger partial charge in [0.2, 0.25) is 11.7 Å². The summed E-state index contributed by atoms with van der Waals surface area (Å²) in [4.78, 5) is 21.2. The van der Waals surface area contributed by atoms with Crippen LogP contribution in [0.15, 0.2) is 88.1 Å². The minimum atomic E-state index is -0.318. The van der Waals surface area contributed by atoms with Crippen molar-refractivity contribution in [2.45, 2.75) is 6.42 Å². The van der Waals surface area contributed by atoms with Crippen LogP contribution in [0.25, 0.3) is 22.4 Å². The number of benzene rings is 2. The summed E-state index contributed by atoms with van der Waals surface area (Å²) in [5, 5.41) is 7.82. The molecule has 0 spiro atoms. The highest BCUT2D eigenvalue weighted by atomic mass is 16.5. The lowest BCUT2D eigenvalue weighted by Crippen LogP contribution is -2.12. The van der Waals surface area contributed by atoms with E-state index in [9.17, 15) is 4.79 Å². The number of anilines is 1. The molecular weight excluding hydrogens is 380 g/mol. The molecule has 7 nitrogen and oxygen atoms in total. The first-order valence-corrected chi connectivity index (χ1v) is 9.37. The van der Waals surface area contributed by atoms with E-state index in [1.807, 2.05) is 60.7 Å². The molecule has 2 aromatic carbocycles. The van der Waals surface area contributed by atoms with Crippen LogP contribution in [-0.2, 0) is 6.42 Å². The van der Waals surface area contributed by atoms with Gasteiger partial charge in [-0.15, -0.1) is 0 Å². The van der Waals surface area contributed by atoms with E-state index < -0.39 is 0 Å². The molecule has 0 radical (unpaired) electrons. The number of carbonyl (C=O) groups excluding carboxylic acids is 1. The van der Waals surface area contributed by atoms with E-state index in [0.29, 0.717) is 29.4 Å². The van der Waals surface area contributed by atoms with Gasteiger partial charge in [-0.3, -0.25) is 9.78 Å². The minimum Gasteiger partial charge on any atom is -0.451 e. The van der Waals surface area contributed by atoms with E-state index in [2.05, 4.69) is 20.4 Å². The Bertz CT molecular complexity index is 1290. The normalized spacial score (nSPS) is 10.9. The number of nitrogens with one attached hydrogen (secondary N) is 1. The Kier molecular flexibility index (Phi) is 4.53. The molecule has 0 saturated heterocycles. The predicted molar refractivity (Wildman–Crippen MR) is 111 cm³/mol. The summed E-state index contributed by atoms with van der Waals surface area (Å²) in [5.74, 6) is 0.883. The van der Waals surface area contributed by atoms with E-state index in [1.54, 1.807) is 18.5 Å². The van der Waals surface area contributed by atoms with Crippen molar-refractivity contribution in [1.29, 1.82) is 0 Å². The highest BCUT2D eigenvalue weighted by Crippen LogP contribution is 2.23. The summed E-state index contributed by atoms with van der Waals surface area (Å²) < 4.78 is 11.0. The van der Waals surface area contributed by atoms with Crippen molar-refractivity contribution in [3.63, 3.8) is 0 Å². The second-order valence-corrected chi connectivity index (χ2v) is 6.68. The molecule has 1 N–H and O–H groups in total. The van der Waals surface area contributed by atoms with Crippen LogP contribution in [0.4, 0.5) is 5.69 Å². The van der Waals surface area contributed by atoms with Gasteiger partial charge in [0.1, 0.15) is 5.58 Å². The third kappa shape index (κ3) is 3.56. The van der Waals surface area contributed by atoms with Gasteiger partial charge >= 0.3 is 0 Å². The van der Waals surface area contributed by atoms with Crippen molar-refractivity contribution in [2.75, 3.05) is 5.32 Å². The van der Waals surface area contributed by atoms with Gasteiger partial charge in [0.05, 0.1) is 6.42 Å². The van der Waals surface area contributed by atoms with Gasteiger partial charge in [0.25, 0.3) is 5.91 Å². The molecular formula is C23H16N4O3. The number of aromatic nitrogens is 3. The number of furan rings is 1. The number of hydrogen-bond donors (Lipinski definition) is 1. The Balaban J connectivity index is 1.37. The van der Waals surface area contributed by atoms with Gasteiger partial charge in [-0.05, 0) is 35.9 Å². The van der Waals surface area contributed by atoms with Crippen LogP contribution in [0.1, 0.15) is 22.0 Å². The molecule has 3 aromatic heterocycles. The van der Waals surface area contributed by atoms with Crippen molar-refractivity contribution in [3.8, 4) is 11.4 Å². The van der Waals surface area contributed by atoms with Crippen LogP contribution in [0.5, 0.6) is 0 Å². The van der Waals surface area contributed by atoms with E-state index in [1.165, 1.54) is 0 Å². The van der Waals surface area contributed by atoms with Gasteiger partial charge < -0.3 is 14.3 Å². The average molecular weight is 396 g/mol. The van der Waals surface area contributed by atoms with Crippen LogP contribution >= 0.6 is 0 Å². The molecule has 0 saturated carbocycles. The average Bonchev–Trinajstić information content (AvgIpc) is 3.43. The zero-order valence-corrected chi connectivity index (χ0v) is 15.8. The molecule has 0 aliphatic heterocycles. The fourth-order valence-electron chi connectivity index (χ4n) is 3.18. The Hall–Kier alpha value is -4.26. The summed E-state index contributed by atoms with van der Waals surface area (Å²) in [6.07, 6.45) is 3.73. The second-order valence-electron chi connectivity index (χ2n) is 6.68. The summed E-state index contributed by atoms with van der Waals surface area (Å²) in [7, 11) is 0. The van der Waals surface area contributed by atoms with Crippen molar-refractivity contribution in [3.05, 3.63) is 96.3 Å². The largest absolute Gasteiger partial charge is 0.451 e. The molecule has 0 atom stereocenters. The van der Waals surface area contributed by atoms with Crippen LogP contribution in [0.3, 0.4) is 0 Å². The first-order chi connectivity index (χ1) is 14.8. The van der Waals surface area contributed by atoms with Crippen molar-refractivity contribution in [1.82, 2.24) is 15.1 Å². The van der Waals surface area contributed by atoms with Gasteiger partial charge in [0, 0.05) is 29.0 Å². The summed E-state index contributed by atoms with van der Waals surface area (Å²) in [5.41, 5.74) is 3.01.